The summed E-state index contributed by atoms with van der Waals surface area (Å²) in [7, 11) is 11.1. The van der Waals surface area contributed by atoms with Crippen molar-refractivity contribution in [2.45, 2.75) is 62.2 Å². The molecular formula is C14H25BO5. The summed E-state index contributed by atoms with van der Waals surface area (Å²) in [6.45, 7) is 0.449. The Morgan fingerprint density at radius 2 is 1.70 bits per heavy atom. The topological polar surface area (TPSA) is 46.2 Å². The molecule has 2 fully saturated rings. The Bertz CT molecular complexity index is 291. The summed E-state index contributed by atoms with van der Waals surface area (Å²) in [5.74, 6) is 0. The highest BCUT2D eigenvalue weighted by Gasteiger charge is 2.45. The lowest BCUT2D eigenvalue weighted by Gasteiger charge is -2.34. The quantitative estimate of drug-likeness (QED) is 0.678. The van der Waals surface area contributed by atoms with Crippen molar-refractivity contribution >= 4 is 7.85 Å². The van der Waals surface area contributed by atoms with Crippen molar-refractivity contribution in [3.63, 3.8) is 0 Å². The zero-order valence-corrected chi connectivity index (χ0v) is 12.6. The van der Waals surface area contributed by atoms with Gasteiger partial charge in [-0.1, -0.05) is 12.8 Å². The van der Waals surface area contributed by atoms with Gasteiger partial charge in [0.2, 0.25) is 0 Å². The summed E-state index contributed by atoms with van der Waals surface area (Å²) in [5.41, 5.74) is 0. The largest absolute Gasteiger partial charge is 0.382 e. The van der Waals surface area contributed by atoms with Gasteiger partial charge in [0.25, 0.3) is 0 Å². The Morgan fingerprint density at radius 1 is 1.00 bits per heavy atom. The average Bonchev–Trinajstić information content (AvgIpc) is 2.75. The molecule has 114 valence electrons. The van der Waals surface area contributed by atoms with E-state index in [9.17, 15) is 0 Å². The Morgan fingerprint density at radius 3 is 2.30 bits per heavy atom. The molecule has 1 saturated carbocycles. The summed E-state index contributed by atoms with van der Waals surface area (Å²) in [6.07, 6.45) is 3.90. The van der Waals surface area contributed by atoms with Crippen LogP contribution in [-0.4, -0.2) is 72.3 Å². The molecule has 0 N–H and O–H groups in total. The van der Waals surface area contributed by atoms with Gasteiger partial charge in [-0.15, -0.1) is 0 Å². The molecule has 5 nitrogen and oxygen atoms in total. The number of ether oxygens (including phenoxy) is 5. The van der Waals surface area contributed by atoms with Gasteiger partial charge >= 0.3 is 0 Å². The normalized spacial score (nSPS) is 42.0. The van der Waals surface area contributed by atoms with Crippen LogP contribution >= 0.6 is 0 Å². The van der Waals surface area contributed by atoms with Crippen LogP contribution < -0.4 is 0 Å². The van der Waals surface area contributed by atoms with Crippen molar-refractivity contribution in [3.8, 4) is 0 Å². The van der Waals surface area contributed by atoms with Crippen molar-refractivity contribution in [2.24, 2.45) is 0 Å². The molecule has 1 heterocycles. The smallest absolute Gasteiger partial charge is 0.113 e. The van der Waals surface area contributed by atoms with Crippen LogP contribution in [0.3, 0.4) is 0 Å². The summed E-state index contributed by atoms with van der Waals surface area (Å²) in [6, 6.07) is -0.487. The lowest BCUT2D eigenvalue weighted by Crippen LogP contribution is -2.45. The Hall–Kier alpha value is -0.135. The van der Waals surface area contributed by atoms with E-state index in [-0.39, 0.29) is 30.5 Å². The number of hydrogen-bond donors (Lipinski definition) is 0. The van der Waals surface area contributed by atoms with Gasteiger partial charge in [0.15, 0.2) is 0 Å². The van der Waals surface area contributed by atoms with Crippen LogP contribution in [0.1, 0.15) is 25.7 Å². The molecule has 1 aliphatic heterocycles. The fraction of sp³-hybridized carbons (Fsp3) is 1.00. The summed E-state index contributed by atoms with van der Waals surface area (Å²) in [4.78, 5) is 0. The Balaban J connectivity index is 1.98. The predicted octanol–water partition coefficient (Wildman–Crippen LogP) is 0.884. The molecule has 2 radical (unpaired) electrons. The van der Waals surface area contributed by atoms with E-state index in [0.717, 1.165) is 19.3 Å². The van der Waals surface area contributed by atoms with E-state index < -0.39 is 6.00 Å². The first-order valence-electron chi connectivity index (χ1n) is 7.32. The summed E-state index contributed by atoms with van der Waals surface area (Å²) >= 11 is 0. The fourth-order valence-corrected chi connectivity index (χ4v) is 3.18. The van der Waals surface area contributed by atoms with Gasteiger partial charge in [-0.2, -0.15) is 0 Å². The molecule has 0 aromatic heterocycles. The van der Waals surface area contributed by atoms with Gasteiger partial charge in [0.05, 0.1) is 18.8 Å². The zero-order valence-electron chi connectivity index (χ0n) is 12.6. The SMILES string of the molecule is [B][C@@H]1O[C@H](COC)[C@@H](OC)[C@H]1OC1CCCCC1OC. The van der Waals surface area contributed by atoms with Gasteiger partial charge in [-0.3, -0.25) is 0 Å². The van der Waals surface area contributed by atoms with Crippen LogP contribution in [0.5, 0.6) is 0 Å². The van der Waals surface area contributed by atoms with Crippen molar-refractivity contribution < 1.29 is 23.7 Å². The molecule has 0 amide bonds. The second kappa shape index (κ2) is 7.75. The molecule has 0 aromatic carbocycles. The van der Waals surface area contributed by atoms with E-state index in [2.05, 4.69) is 0 Å². The Labute approximate surface area is 122 Å². The third kappa shape index (κ3) is 3.54. The summed E-state index contributed by atoms with van der Waals surface area (Å²) in [5, 5.41) is 0. The van der Waals surface area contributed by atoms with Crippen LogP contribution in [0.2, 0.25) is 0 Å². The molecule has 0 bridgehead atoms. The highest BCUT2D eigenvalue weighted by Crippen LogP contribution is 2.30. The lowest BCUT2D eigenvalue weighted by molar-refractivity contribution is -0.135. The van der Waals surface area contributed by atoms with Crippen molar-refractivity contribution in [2.75, 3.05) is 27.9 Å². The molecule has 6 heteroatoms. The molecule has 2 rings (SSSR count). The first kappa shape index (κ1) is 16.2. The van der Waals surface area contributed by atoms with Gasteiger partial charge in [-0.25, -0.2) is 0 Å². The zero-order chi connectivity index (χ0) is 14.5. The maximum Gasteiger partial charge on any atom is 0.113 e. The molecule has 0 aromatic rings. The third-order valence-electron chi connectivity index (χ3n) is 4.23. The van der Waals surface area contributed by atoms with E-state index >= 15 is 0 Å². The van der Waals surface area contributed by atoms with Crippen molar-refractivity contribution in [1.29, 1.82) is 0 Å². The molecule has 2 aliphatic rings. The molecule has 0 spiro atoms. The van der Waals surface area contributed by atoms with Crippen LogP contribution in [0.15, 0.2) is 0 Å². The van der Waals surface area contributed by atoms with Crippen molar-refractivity contribution in [3.05, 3.63) is 0 Å². The van der Waals surface area contributed by atoms with Crippen LogP contribution in [-0.2, 0) is 23.7 Å². The second-order valence-corrected chi connectivity index (χ2v) is 5.49. The minimum absolute atomic E-state index is 0.0624. The van der Waals surface area contributed by atoms with Gasteiger partial charge in [0.1, 0.15) is 26.2 Å². The first-order valence-corrected chi connectivity index (χ1v) is 7.32. The van der Waals surface area contributed by atoms with Gasteiger partial charge < -0.3 is 23.7 Å². The number of rotatable bonds is 6. The standard InChI is InChI=1S/C14H25BO5/c1-16-8-11-12(18-3)13(14(15)20-11)19-10-7-5-4-6-9(10)17-2/h9-14H,4-8H2,1-3H3/t9?,10?,11-,12-,13-,14-/m1/s1. The minimum atomic E-state index is -0.487. The van der Waals surface area contributed by atoms with Crippen molar-refractivity contribution in [1.82, 2.24) is 0 Å². The monoisotopic (exact) mass is 284 g/mol. The fourth-order valence-electron chi connectivity index (χ4n) is 3.18. The predicted molar refractivity (Wildman–Crippen MR) is 75.0 cm³/mol. The first-order chi connectivity index (χ1) is 9.71. The van der Waals surface area contributed by atoms with Gasteiger partial charge in [0, 0.05) is 27.3 Å². The number of hydrogen-bond acceptors (Lipinski definition) is 5. The molecular weight excluding hydrogens is 259 g/mol. The van der Waals surface area contributed by atoms with E-state index in [4.69, 9.17) is 31.5 Å². The highest BCUT2D eigenvalue weighted by atomic mass is 16.6. The molecule has 1 aliphatic carbocycles. The van der Waals surface area contributed by atoms with E-state index in [0.29, 0.717) is 6.61 Å². The average molecular weight is 284 g/mol. The maximum absolute atomic E-state index is 6.19. The minimum Gasteiger partial charge on any atom is -0.382 e. The maximum atomic E-state index is 6.19. The van der Waals surface area contributed by atoms with Crippen LogP contribution in [0, 0.1) is 0 Å². The van der Waals surface area contributed by atoms with E-state index in [1.165, 1.54) is 6.42 Å². The second-order valence-electron chi connectivity index (χ2n) is 5.49. The molecule has 6 atom stereocenters. The number of methoxy groups -OCH3 is 3. The van der Waals surface area contributed by atoms with Crippen LogP contribution in [0.25, 0.3) is 0 Å². The summed E-state index contributed by atoms with van der Waals surface area (Å²) < 4.78 is 28.1. The lowest BCUT2D eigenvalue weighted by atomic mass is 9.90. The molecule has 20 heavy (non-hydrogen) atoms. The molecule has 2 unspecified atom stereocenters. The third-order valence-corrected chi connectivity index (χ3v) is 4.23. The van der Waals surface area contributed by atoms with Crippen LogP contribution in [0.4, 0.5) is 0 Å². The molecule has 1 saturated heterocycles. The highest BCUT2D eigenvalue weighted by molar-refractivity contribution is 6.11. The Kier molecular flexibility index (Phi) is 6.30. The van der Waals surface area contributed by atoms with Gasteiger partial charge in [-0.05, 0) is 12.8 Å². The van der Waals surface area contributed by atoms with E-state index in [1.807, 2.05) is 0 Å². The van der Waals surface area contributed by atoms with E-state index in [1.54, 1.807) is 21.3 Å².